The minimum Gasteiger partial charge on any atom is -0.454 e. The molecule has 0 aromatic heterocycles. The smallest absolute Gasteiger partial charge is 0.264 e. The predicted octanol–water partition coefficient (Wildman–Crippen LogP) is 4.65. The van der Waals surface area contributed by atoms with E-state index >= 15 is 0 Å². The first-order chi connectivity index (χ1) is 13.2. The highest BCUT2D eigenvalue weighted by Crippen LogP contribution is 2.34. The summed E-state index contributed by atoms with van der Waals surface area (Å²) in [6.45, 7) is 2.42. The maximum atomic E-state index is 12.2. The first kappa shape index (κ1) is 17.7. The number of thioether (sulfide) groups is 1. The molecule has 4 rings (SSSR count). The van der Waals surface area contributed by atoms with Crippen molar-refractivity contribution < 1.29 is 14.3 Å². The van der Waals surface area contributed by atoms with Gasteiger partial charge in [-0.15, -0.1) is 0 Å². The van der Waals surface area contributed by atoms with Gasteiger partial charge in [0.1, 0.15) is 0 Å². The summed E-state index contributed by atoms with van der Waals surface area (Å²) >= 11 is 1.34. The van der Waals surface area contributed by atoms with Gasteiger partial charge in [0.15, 0.2) is 16.7 Å². The van der Waals surface area contributed by atoms with Crippen LogP contribution in [0.4, 0.5) is 5.69 Å². The van der Waals surface area contributed by atoms with E-state index in [1.165, 1.54) is 30.2 Å². The van der Waals surface area contributed by atoms with Gasteiger partial charge in [0.25, 0.3) is 5.91 Å². The third-order valence-electron chi connectivity index (χ3n) is 4.33. The first-order valence-corrected chi connectivity index (χ1v) is 9.81. The number of carbonyl (C=O) groups excluding carboxylic acids is 1. The fourth-order valence-electron chi connectivity index (χ4n) is 2.87. The topological polar surface area (TPSA) is 59.9 Å². The third-order valence-corrected chi connectivity index (χ3v) is 5.24. The zero-order valence-corrected chi connectivity index (χ0v) is 15.8. The lowest BCUT2D eigenvalue weighted by Gasteiger charge is -2.01. The molecule has 0 radical (unpaired) electrons. The average Bonchev–Trinajstić information content (AvgIpc) is 3.27. The number of amidine groups is 1. The molecule has 0 spiro atoms. The summed E-state index contributed by atoms with van der Waals surface area (Å²) in [6, 6.07) is 13.8. The van der Waals surface area contributed by atoms with Crippen LogP contribution in [0.15, 0.2) is 52.4 Å². The maximum absolute atomic E-state index is 12.2. The Labute approximate surface area is 162 Å². The Morgan fingerprint density at radius 3 is 2.78 bits per heavy atom. The van der Waals surface area contributed by atoms with E-state index in [4.69, 9.17) is 9.47 Å². The van der Waals surface area contributed by atoms with Gasteiger partial charge in [-0.2, -0.15) is 0 Å². The lowest BCUT2D eigenvalue weighted by Crippen LogP contribution is -2.19. The fraction of sp³-hybridized carbons (Fsp3) is 0.238. The van der Waals surface area contributed by atoms with E-state index < -0.39 is 0 Å². The van der Waals surface area contributed by atoms with Crippen molar-refractivity contribution in [3.8, 4) is 11.5 Å². The van der Waals surface area contributed by atoms with E-state index in [0.717, 1.165) is 23.4 Å². The minimum atomic E-state index is -0.143. The van der Waals surface area contributed by atoms with Crippen LogP contribution in [0, 0.1) is 0 Å². The van der Waals surface area contributed by atoms with Crippen molar-refractivity contribution in [1.29, 1.82) is 0 Å². The number of ether oxygens (including phenoxy) is 2. The number of aliphatic imine (C=N–C) groups is 1. The Morgan fingerprint density at radius 1 is 1.15 bits per heavy atom. The van der Waals surface area contributed by atoms with Crippen LogP contribution in [0.25, 0.3) is 6.08 Å². The molecule has 2 heterocycles. The highest BCUT2D eigenvalue weighted by Gasteiger charge is 2.24. The highest BCUT2D eigenvalue weighted by molar-refractivity contribution is 8.18. The molecule has 2 aromatic carbocycles. The van der Waals surface area contributed by atoms with Crippen molar-refractivity contribution in [2.45, 2.75) is 26.2 Å². The quantitative estimate of drug-likeness (QED) is 0.767. The van der Waals surface area contributed by atoms with Crippen LogP contribution in [0.3, 0.4) is 0 Å². The van der Waals surface area contributed by atoms with Gasteiger partial charge < -0.3 is 14.8 Å². The second-order valence-electron chi connectivity index (χ2n) is 6.36. The number of nitrogens with zero attached hydrogens (tertiary/aromatic N) is 1. The summed E-state index contributed by atoms with van der Waals surface area (Å²) in [5.41, 5.74) is 3.04. The van der Waals surface area contributed by atoms with Crippen molar-refractivity contribution in [1.82, 2.24) is 5.32 Å². The molecule has 27 heavy (non-hydrogen) atoms. The van der Waals surface area contributed by atoms with E-state index in [-0.39, 0.29) is 12.7 Å². The monoisotopic (exact) mass is 380 g/mol. The molecule has 0 saturated carbocycles. The highest BCUT2D eigenvalue weighted by atomic mass is 32.2. The van der Waals surface area contributed by atoms with Gasteiger partial charge in [-0.05, 0) is 66.1 Å². The minimum absolute atomic E-state index is 0.143. The number of amides is 1. The van der Waals surface area contributed by atoms with Crippen LogP contribution >= 0.6 is 11.8 Å². The van der Waals surface area contributed by atoms with Gasteiger partial charge in [0.05, 0.1) is 10.6 Å². The number of rotatable bonds is 5. The summed E-state index contributed by atoms with van der Waals surface area (Å²) < 4.78 is 10.7. The third kappa shape index (κ3) is 4.17. The SMILES string of the molecule is CCCCc1ccc(N=C2NC(=O)C(=Cc3ccc4c(c3)OCO4)S2)cc1. The van der Waals surface area contributed by atoms with Crippen molar-refractivity contribution in [3.05, 3.63) is 58.5 Å². The van der Waals surface area contributed by atoms with Crippen molar-refractivity contribution >= 4 is 34.6 Å². The number of aryl methyl sites for hydroxylation is 1. The van der Waals surface area contributed by atoms with Crippen molar-refractivity contribution in [2.75, 3.05) is 6.79 Å². The first-order valence-electron chi connectivity index (χ1n) is 8.99. The van der Waals surface area contributed by atoms with E-state index in [0.29, 0.717) is 15.8 Å². The summed E-state index contributed by atoms with van der Waals surface area (Å²) in [4.78, 5) is 17.4. The molecule has 1 fully saturated rings. The number of unbranched alkanes of at least 4 members (excludes halogenated alkanes) is 1. The zero-order chi connectivity index (χ0) is 18.6. The molecule has 138 valence electrons. The second kappa shape index (κ2) is 7.88. The molecule has 1 amide bonds. The molecule has 5 nitrogen and oxygen atoms in total. The molecule has 2 aliphatic rings. The van der Waals surface area contributed by atoms with Crippen LogP contribution in [-0.4, -0.2) is 17.9 Å². The lowest BCUT2D eigenvalue weighted by molar-refractivity contribution is -0.115. The van der Waals surface area contributed by atoms with Gasteiger partial charge in [0, 0.05) is 0 Å². The Bertz CT molecular complexity index is 920. The summed E-state index contributed by atoms with van der Waals surface area (Å²) in [5, 5.41) is 3.41. The molecular weight excluding hydrogens is 360 g/mol. The normalized spacial score (nSPS) is 18.3. The number of nitrogens with one attached hydrogen (secondary N) is 1. The van der Waals surface area contributed by atoms with E-state index in [1.54, 1.807) is 0 Å². The molecule has 0 aliphatic carbocycles. The Hall–Kier alpha value is -2.73. The van der Waals surface area contributed by atoms with E-state index in [2.05, 4.69) is 29.4 Å². The Balaban J connectivity index is 1.47. The molecule has 0 unspecified atom stereocenters. The number of fused-ring (bicyclic) bond motifs is 1. The summed E-state index contributed by atoms with van der Waals surface area (Å²) in [5.74, 6) is 1.28. The van der Waals surface area contributed by atoms with Crippen LogP contribution < -0.4 is 14.8 Å². The van der Waals surface area contributed by atoms with Gasteiger partial charge in [0.2, 0.25) is 6.79 Å². The summed E-state index contributed by atoms with van der Waals surface area (Å²) in [6.07, 6.45) is 5.29. The molecule has 1 N–H and O–H groups in total. The lowest BCUT2D eigenvalue weighted by atomic mass is 10.1. The van der Waals surface area contributed by atoms with Crippen LogP contribution in [0.5, 0.6) is 11.5 Å². The summed E-state index contributed by atoms with van der Waals surface area (Å²) in [7, 11) is 0. The van der Waals surface area contributed by atoms with Gasteiger partial charge >= 0.3 is 0 Å². The maximum Gasteiger partial charge on any atom is 0.264 e. The van der Waals surface area contributed by atoms with Gasteiger partial charge in [-0.1, -0.05) is 31.5 Å². The molecule has 0 bridgehead atoms. The Kier molecular flexibility index (Phi) is 5.16. The van der Waals surface area contributed by atoms with E-state index in [9.17, 15) is 4.79 Å². The molecule has 1 saturated heterocycles. The van der Waals surface area contributed by atoms with E-state index in [1.807, 2.05) is 36.4 Å². The van der Waals surface area contributed by atoms with Crippen LogP contribution in [-0.2, 0) is 11.2 Å². The molecule has 6 heteroatoms. The number of carbonyl (C=O) groups is 1. The number of hydrogen-bond acceptors (Lipinski definition) is 5. The van der Waals surface area contributed by atoms with Crippen molar-refractivity contribution in [3.63, 3.8) is 0 Å². The van der Waals surface area contributed by atoms with Crippen LogP contribution in [0.2, 0.25) is 0 Å². The second-order valence-corrected chi connectivity index (χ2v) is 7.40. The fourth-order valence-corrected chi connectivity index (χ4v) is 3.71. The molecular formula is C21H20N2O3S. The molecule has 0 atom stereocenters. The van der Waals surface area contributed by atoms with Gasteiger partial charge in [-0.25, -0.2) is 4.99 Å². The van der Waals surface area contributed by atoms with Crippen LogP contribution in [0.1, 0.15) is 30.9 Å². The average molecular weight is 380 g/mol. The largest absolute Gasteiger partial charge is 0.454 e. The predicted molar refractivity (Wildman–Crippen MR) is 108 cm³/mol. The number of hydrogen-bond donors (Lipinski definition) is 1. The zero-order valence-electron chi connectivity index (χ0n) is 15.0. The van der Waals surface area contributed by atoms with Gasteiger partial charge in [-0.3, -0.25) is 4.79 Å². The van der Waals surface area contributed by atoms with Crippen molar-refractivity contribution in [2.24, 2.45) is 4.99 Å². The number of benzene rings is 2. The molecule has 2 aromatic rings. The molecule has 2 aliphatic heterocycles. The Morgan fingerprint density at radius 2 is 1.96 bits per heavy atom. The standard InChI is InChI=1S/C21H20N2O3S/c1-2-3-4-14-5-8-16(9-6-14)22-21-23-20(24)19(27-21)12-15-7-10-17-18(11-15)26-13-25-17/h5-12H,2-4,13H2,1H3,(H,22,23,24).